The molecule has 1 saturated heterocycles. The molecule has 0 unspecified atom stereocenters. The number of benzene rings is 1. The molecule has 5 nitrogen and oxygen atoms in total. The third kappa shape index (κ3) is 3.54. The summed E-state index contributed by atoms with van der Waals surface area (Å²) in [6, 6.07) is 6.67. The molecule has 2 amide bonds. The lowest BCUT2D eigenvalue weighted by Gasteiger charge is -2.15. The van der Waals surface area contributed by atoms with Crippen LogP contribution in [0, 0.1) is 0 Å². The summed E-state index contributed by atoms with van der Waals surface area (Å²) in [5.74, 6) is -0.303. The van der Waals surface area contributed by atoms with E-state index in [0.717, 1.165) is 25.9 Å². The van der Waals surface area contributed by atoms with E-state index in [1.165, 1.54) is 0 Å². The summed E-state index contributed by atoms with van der Waals surface area (Å²) in [6.45, 7) is 1.62. The molecule has 106 valence electrons. The van der Waals surface area contributed by atoms with Crippen LogP contribution < -0.4 is 11.1 Å². The van der Waals surface area contributed by atoms with Gasteiger partial charge in [0, 0.05) is 24.2 Å². The molecule has 0 spiro atoms. The second-order valence-corrected chi connectivity index (χ2v) is 5.15. The lowest BCUT2D eigenvalue weighted by molar-refractivity contribution is -0.129. The van der Waals surface area contributed by atoms with Crippen molar-refractivity contribution in [3.05, 3.63) is 35.4 Å². The maximum absolute atomic E-state index is 11.9. The number of thiocarbonyl (C=S) groups is 1. The van der Waals surface area contributed by atoms with Crippen LogP contribution in [0.5, 0.6) is 0 Å². The number of hydrogen-bond acceptors (Lipinski definition) is 3. The van der Waals surface area contributed by atoms with Gasteiger partial charge in [-0.05, 0) is 25.0 Å². The molecular formula is C14H17N3O2S. The van der Waals surface area contributed by atoms with E-state index in [-0.39, 0.29) is 18.4 Å². The number of hydrogen-bond donors (Lipinski definition) is 2. The molecule has 0 aliphatic carbocycles. The molecule has 0 bridgehead atoms. The largest absolute Gasteiger partial charge is 0.389 e. The topological polar surface area (TPSA) is 75.4 Å². The molecule has 1 heterocycles. The van der Waals surface area contributed by atoms with Crippen LogP contribution in [0.25, 0.3) is 0 Å². The van der Waals surface area contributed by atoms with E-state index in [1.54, 1.807) is 29.2 Å². The predicted molar refractivity (Wildman–Crippen MR) is 80.5 cm³/mol. The fourth-order valence-corrected chi connectivity index (χ4v) is 2.26. The zero-order valence-electron chi connectivity index (χ0n) is 11.1. The number of nitrogens with two attached hydrogens (primary N) is 1. The Morgan fingerprint density at radius 2 is 1.70 bits per heavy atom. The Labute approximate surface area is 123 Å². The van der Waals surface area contributed by atoms with Gasteiger partial charge in [-0.15, -0.1) is 0 Å². The Morgan fingerprint density at radius 3 is 2.25 bits per heavy atom. The van der Waals surface area contributed by atoms with Gasteiger partial charge >= 0.3 is 0 Å². The Hall–Kier alpha value is -1.95. The molecule has 0 radical (unpaired) electrons. The van der Waals surface area contributed by atoms with E-state index < -0.39 is 0 Å². The quantitative estimate of drug-likeness (QED) is 0.800. The minimum atomic E-state index is -0.271. The third-order valence-corrected chi connectivity index (χ3v) is 3.53. The summed E-state index contributed by atoms with van der Waals surface area (Å²) in [4.78, 5) is 25.8. The highest BCUT2D eigenvalue weighted by Gasteiger charge is 2.18. The fourth-order valence-electron chi connectivity index (χ4n) is 2.12. The average molecular weight is 291 g/mol. The molecule has 1 fully saturated rings. The van der Waals surface area contributed by atoms with E-state index >= 15 is 0 Å². The standard InChI is InChI=1S/C14H17N3O2S/c15-13(20)10-3-5-11(6-4-10)14(19)16-9-12(18)17-7-1-2-8-17/h3-6H,1-2,7-9H2,(H2,15,20)(H,16,19). The lowest BCUT2D eigenvalue weighted by Crippen LogP contribution is -2.38. The van der Waals surface area contributed by atoms with Gasteiger partial charge in [0.25, 0.3) is 5.91 Å². The molecule has 0 aromatic heterocycles. The number of nitrogens with one attached hydrogen (secondary N) is 1. The van der Waals surface area contributed by atoms with Crippen molar-refractivity contribution in [2.24, 2.45) is 5.73 Å². The van der Waals surface area contributed by atoms with Crippen molar-refractivity contribution in [1.29, 1.82) is 0 Å². The molecular weight excluding hydrogens is 274 g/mol. The van der Waals surface area contributed by atoms with Crippen molar-refractivity contribution < 1.29 is 9.59 Å². The first-order chi connectivity index (χ1) is 9.58. The van der Waals surface area contributed by atoms with E-state index in [2.05, 4.69) is 5.32 Å². The van der Waals surface area contributed by atoms with Gasteiger partial charge < -0.3 is 16.0 Å². The molecule has 0 saturated carbocycles. The molecule has 6 heteroatoms. The molecule has 0 atom stereocenters. The smallest absolute Gasteiger partial charge is 0.251 e. The first-order valence-electron chi connectivity index (χ1n) is 6.54. The van der Waals surface area contributed by atoms with Crippen LogP contribution in [0.1, 0.15) is 28.8 Å². The molecule has 1 aliphatic rings. The van der Waals surface area contributed by atoms with Crippen LogP contribution in [0.15, 0.2) is 24.3 Å². The minimum Gasteiger partial charge on any atom is -0.389 e. The molecule has 1 aromatic carbocycles. The molecule has 1 aliphatic heterocycles. The number of nitrogens with zero attached hydrogens (tertiary/aromatic N) is 1. The Balaban J connectivity index is 1.88. The van der Waals surface area contributed by atoms with Crippen molar-refractivity contribution in [2.45, 2.75) is 12.8 Å². The maximum Gasteiger partial charge on any atom is 0.251 e. The number of amides is 2. The lowest BCUT2D eigenvalue weighted by atomic mass is 10.1. The highest BCUT2D eigenvalue weighted by molar-refractivity contribution is 7.80. The van der Waals surface area contributed by atoms with E-state index in [4.69, 9.17) is 18.0 Å². The first-order valence-corrected chi connectivity index (χ1v) is 6.94. The van der Waals surface area contributed by atoms with E-state index in [1.807, 2.05) is 0 Å². The van der Waals surface area contributed by atoms with Crippen LogP contribution in [-0.4, -0.2) is 41.3 Å². The second kappa shape index (κ2) is 6.47. The van der Waals surface area contributed by atoms with Crippen molar-refractivity contribution in [3.8, 4) is 0 Å². The number of carbonyl (C=O) groups is 2. The van der Waals surface area contributed by atoms with Crippen molar-refractivity contribution >= 4 is 29.0 Å². The third-order valence-electron chi connectivity index (χ3n) is 3.29. The SMILES string of the molecule is NC(=S)c1ccc(C(=O)NCC(=O)N2CCCC2)cc1. The van der Waals surface area contributed by atoms with Gasteiger partial charge in [-0.1, -0.05) is 24.4 Å². The van der Waals surface area contributed by atoms with Crippen LogP contribution in [0.2, 0.25) is 0 Å². The predicted octanol–water partition coefficient (Wildman–Crippen LogP) is 0.673. The Bertz CT molecular complexity index is 522. The average Bonchev–Trinajstić information content (AvgIpc) is 2.98. The Kier molecular flexibility index (Phi) is 4.68. The van der Waals surface area contributed by atoms with E-state index in [9.17, 15) is 9.59 Å². The monoisotopic (exact) mass is 291 g/mol. The minimum absolute atomic E-state index is 0.0318. The van der Waals surface area contributed by atoms with Crippen LogP contribution in [0.4, 0.5) is 0 Å². The van der Waals surface area contributed by atoms with Crippen LogP contribution in [-0.2, 0) is 4.79 Å². The maximum atomic E-state index is 11.9. The van der Waals surface area contributed by atoms with Crippen LogP contribution in [0.3, 0.4) is 0 Å². The molecule has 1 aromatic rings. The van der Waals surface area contributed by atoms with Crippen LogP contribution >= 0.6 is 12.2 Å². The van der Waals surface area contributed by atoms with E-state index in [0.29, 0.717) is 16.1 Å². The van der Waals surface area contributed by atoms with Crippen molar-refractivity contribution in [1.82, 2.24) is 10.2 Å². The van der Waals surface area contributed by atoms with Gasteiger partial charge in [0.05, 0.1) is 6.54 Å². The Morgan fingerprint density at radius 1 is 1.15 bits per heavy atom. The van der Waals surface area contributed by atoms with Gasteiger partial charge in [0.2, 0.25) is 5.91 Å². The number of likely N-dealkylation sites (tertiary alicyclic amines) is 1. The summed E-state index contributed by atoms with van der Waals surface area (Å²) in [5, 5.41) is 2.63. The van der Waals surface area contributed by atoms with Crippen molar-refractivity contribution in [3.63, 3.8) is 0 Å². The first kappa shape index (κ1) is 14.5. The normalized spacial score (nSPS) is 14.1. The number of rotatable bonds is 4. The second-order valence-electron chi connectivity index (χ2n) is 4.71. The molecule has 20 heavy (non-hydrogen) atoms. The van der Waals surface area contributed by atoms with Crippen molar-refractivity contribution in [2.75, 3.05) is 19.6 Å². The highest BCUT2D eigenvalue weighted by Crippen LogP contribution is 2.07. The van der Waals surface area contributed by atoms with Gasteiger partial charge in [-0.3, -0.25) is 9.59 Å². The van der Waals surface area contributed by atoms with Gasteiger partial charge in [-0.2, -0.15) is 0 Å². The zero-order valence-corrected chi connectivity index (χ0v) is 11.9. The summed E-state index contributed by atoms with van der Waals surface area (Å²) >= 11 is 4.84. The molecule has 2 rings (SSSR count). The molecule has 3 N–H and O–H groups in total. The highest BCUT2D eigenvalue weighted by atomic mass is 32.1. The zero-order chi connectivity index (χ0) is 14.5. The fraction of sp³-hybridized carbons (Fsp3) is 0.357. The summed E-state index contributed by atoms with van der Waals surface area (Å²) in [6.07, 6.45) is 2.08. The van der Waals surface area contributed by atoms with Gasteiger partial charge in [-0.25, -0.2) is 0 Å². The van der Waals surface area contributed by atoms with Gasteiger partial charge in [0.15, 0.2) is 0 Å². The number of carbonyl (C=O) groups excluding carboxylic acids is 2. The summed E-state index contributed by atoms with van der Waals surface area (Å²) in [5.41, 5.74) is 6.69. The van der Waals surface area contributed by atoms with Gasteiger partial charge in [0.1, 0.15) is 4.99 Å². The summed E-state index contributed by atoms with van der Waals surface area (Å²) < 4.78 is 0. The summed E-state index contributed by atoms with van der Waals surface area (Å²) in [7, 11) is 0.